The summed E-state index contributed by atoms with van der Waals surface area (Å²) in [5.41, 5.74) is -0.921. The minimum Gasteiger partial charge on any atom is -0.464 e. The van der Waals surface area contributed by atoms with Crippen LogP contribution in [0.2, 0.25) is 0 Å². The molecule has 0 radical (unpaired) electrons. The van der Waals surface area contributed by atoms with E-state index in [-0.39, 0.29) is 6.54 Å². The highest BCUT2D eigenvalue weighted by molar-refractivity contribution is 5.69. The maximum Gasteiger partial charge on any atom is 0.331 e. The lowest BCUT2D eigenvalue weighted by Gasteiger charge is -2.07. The zero-order chi connectivity index (χ0) is 12.8. The van der Waals surface area contributed by atoms with E-state index in [0.29, 0.717) is 6.61 Å². The van der Waals surface area contributed by atoms with Gasteiger partial charge in [0.1, 0.15) is 6.54 Å². The van der Waals surface area contributed by atoms with Gasteiger partial charge in [0, 0.05) is 19.3 Å². The van der Waals surface area contributed by atoms with Gasteiger partial charge in [0.15, 0.2) is 0 Å². The first kappa shape index (κ1) is 13.2. The molecule has 1 rings (SSSR count). The Kier molecular flexibility index (Phi) is 4.68. The number of carbonyl (C=O) groups excluding carboxylic acids is 1. The Balaban J connectivity index is 2.70. The van der Waals surface area contributed by atoms with Crippen LogP contribution < -0.4 is 11.2 Å². The minimum atomic E-state index is -0.523. The zero-order valence-electron chi connectivity index (χ0n) is 10.0. The van der Waals surface area contributed by atoms with Crippen molar-refractivity contribution in [2.45, 2.75) is 26.3 Å². The molecule has 0 aliphatic rings. The molecule has 94 valence electrons. The van der Waals surface area contributed by atoms with Gasteiger partial charge >= 0.3 is 11.7 Å². The molecule has 0 aliphatic carbocycles. The highest BCUT2D eigenvalue weighted by Gasteiger charge is 2.07. The zero-order valence-corrected chi connectivity index (χ0v) is 10.0. The van der Waals surface area contributed by atoms with Gasteiger partial charge in [-0.05, 0) is 6.42 Å². The Morgan fingerprint density at radius 3 is 2.76 bits per heavy atom. The third kappa shape index (κ3) is 3.58. The van der Waals surface area contributed by atoms with E-state index in [4.69, 9.17) is 4.74 Å². The molecule has 1 heterocycles. The molecule has 0 fully saturated rings. The molecule has 6 heteroatoms. The van der Waals surface area contributed by atoms with Crippen molar-refractivity contribution in [2.24, 2.45) is 7.05 Å². The monoisotopic (exact) mass is 240 g/mol. The molecule has 0 spiro atoms. The predicted octanol–water partition coefficient (Wildman–Crippen LogP) is -0.110. The van der Waals surface area contributed by atoms with Gasteiger partial charge in [0.2, 0.25) is 0 Å². The molecule has 0 aliphatic heterocycles. The molecule has 0 bridgehead atoms. The summed E-state index contributed by atoms with van der Waals surface area (Å²) >= 11 is 0. The summed E-state index contributed by atoms with van der Waals surface area (Å²) in [6.07, 6.45) is 3.03. The summed E-state index contributed by atoms with van der Waals surface area (Å²) < 4.78 is 7.02. The van der Waals surface area contributed by atoms with E-state index in [9.17, 15) is 14.4 Å². The molecule has 0 saturated carbocycles. The van der Waals surface area contributed by atoms with E-state index >= 15 is 0 Å². The Bertz CT molecular complexity index is 501. The second kappa shape index (κ2) is 6.03. The van der Waals surface area contributed by atoms with Gasteiger partial charge in [0.05, 0.1) is 6.61 Å². The summed E-state index contributed by atoms with van der Waals surface area (Å²) in [4.78, 5) is 34.1. The number of rotatable bonds is 5. The molecule has 0 saturated heterocycles. The van der Waals surface area contributed by atoms with Crippen molar-refractivity contribution in [1.82, 2.24) is 9.13 Å². The number of hydrogen-bond acceptors (Lipinski definition) is 4. The topological polar surface area (TPSA) is 70.3 Å². The van der Waals surface area contributed by atoms with Crippen molar-refractivity contribution >= 4 is 5.97 Å². The fraction of sp³-hybridized carbons (Fsp3) is 0.545. The fourth-order valence-corrected chi connectivity index (χ4v) is 1.25. The quantitative estimate of drug-likeness (QED) is 0.532. The van der Waals surface area contributed by atoms with Gasteiger partial charge in [-0.15, -0.1) is 0 Å². The standard InChI is InChI=1S/C11H16N2O4/c1-3-4-7-17-10(15)8-13-6-5-9(14)12(2)11(13)16/h5-6H,3-4,7-8H2,1-2H3. The molecule has 6 nitrogen and oxygen atoms in total. The van der Waals surface area contributed by atoms with E-state index in [0.717, 1.165) is 22.0 Å². The highest BCUT2D eigenvalue weighted by atomic mass is 16.5. The molecule has 17 heavy (non-hydrogen) atoms. The van der Waals surface area contributed by atoms with E-state index in [1.165, 1.54) is 19.3 Å². The summed E-state index contributed by atoms with van der Waals surface area (Å²) in [5.74, 6) is -0.473. The Morgan fingerprint density at radius 2 is 2.12 bits per heavy atom. The molecular formula is C11H16N2O4. The SMILES string of the molecule is CCCCOC(=O)Cn1ccc(=O)n(C)c1=O. The van der Waals surface area contributed by atoms with Crippen molar-refractivity contribution in [1.29, 1.82) is 0 Å². The minimum absolute atomic E-state index is 0.170. The van der Waals surface area contributed by atoms with Crippen molar-refractivity contribution in [3.63, 3.8) is 0 Å². The maximum atomic E-state index is 11.6. The van der Waals surface area contributed by atoms with E-state index in [1.807, 2.05) is 6.92 Å². The van der Waals surface area contributed by atoms with Crippen LogP contribution in [0.25, 0.3) is 0 Å². The molecule has 1 aromatic rings. The second-order valence-electron chi connectivity index (χ2n) is 3.70. The lowest BCUT2D eigenvalue weighted by molar-refractivity contribution is -0.144. The normalized spacial score (nSPS) is 10.2. The largest absolute Gasteiger partial charge is 0.464 e. The van der Waals surface area contributed by atoms with Crippen LogP contribution in [0.1, 0.15) is 19.8 Å². The molecule has 0 aromatic carbocycles. The number of ether oxygens (including phenoxy) is 1. The number of carbonyl (C=O) groups is 1. The Hall–Kier alpha value is -1.85. The van der Waals surface area contributed by atoms with Crippen molar-refractivity contribution in [3.8, 4) is 0 Å². The molecule has 0 unspecified atom stereocenters. The van der Waals surface area contributed by atoms with Crippen LogP contribution in [0.15, 0.2) is 21.9 Å². The number of hydrogen-bond donors (Lipinski definition) is 0. The molecule has 0 amide bonds. The molecule has 0 atom stereocenters. The van der Waals surface area contributed by atoms with Crippen LogP contribution in [-0.2, 0) is 23.1 Å². The van der Waals surface area contributed by atoms with Crippen LogP contribution in [0.3, 0.4) is 0 Å². The lowest BCUT2D eigenvalue weighted by atomic mass is 10.4. The van der Waals surface area contributed by atoms with Gasteiger partial charge in [0.25, 0.3) is 5.56 Å². The van der Waals surface area contributed by atoms with E-state index in [1.54, 1.807) is 0 Å². The van der Waals surface area contributed by atoms with Gasteiger partial charge in [-0.2, -0.15) is 0 Å². The predicted molar refractivity (Wildman–Crippen MR) is 61.8 cm³/mol. The lowest BCUT2D eigenvalue weighted by Crippen LogP contribution is -2.38. The van der Waals surface area contributed by atoms with Gasteiger partial charge < -0.3 is 4.74 Å². The van der Waals surface area contributed by atoms with Gasteiger partial charge in [-0.1, -0.05) is 13.3 Å². The first-order valence-corrected chi connectivity index (χ1v) is 5.48. The van der Waals surface area contributed by atoms with Crippen molar-refractivity contribution in [3.05, 3.63) is 33.1 Å². The van der Waals surface area contributed by atoms with Crippen molar-refractivity contribution < 1.29 is 9.53 Å². The van der Waals surface area contributed by atoms with Crippen LogP contribution in [0.4, 0.5) is 0 Å². The summed E-state index contributed by atoms with van der Waals surface area (Å²) in [6.45, 7) is 2.18. The number of unbranched alkanes of at least 4 members (excludes halogenated alkanes) is 1. The summed E-state index contributed by atoms with van der Waals surface area (Å²) in [7, 11) is 1.36. The third-order valence-electron chi connectivity index (χ3n) is 2.32. The Morgan fingerprint density at radius 1 is 1.41 bits per heavy atom. The molecular weight excluding hydrogens is 224 g/mol. The number of esters is 1. The average Bonchev–Trinajstić information content (AvgIpc) is 2.30. The van der Waals surface area contributed by atoms with Gasteiger partial charge in [-0.3, -0.25) is 18.7 Å². The average molecular weight is 240 g/mol. The van der Waals surface area contributed by atoms with Crippen LogP contribution in [0.5, 0.6) is 0 Å². The number of aromatic nitrogens is 2. The van der Waals surface area contributed by atoms with Crippen molar-refractivity contribution in [2.75, 3.05) is 6.61 Å². The van der Waals surface area contributed by atoms with Crippen LogP contribution >= 0.6 is 0 Å². The smallest absolute Gasteiger partial charge is 0.331 e. The molecule has 0 N–H and O–H groups in total. The second-order valence-corrected chi connectivity index (χ2v) is 3.70. The summed E-state index contributed by atoms with van der Waals surface area (Å²) in [5, 5.41) is 0. The summed E-state index contributed by atoms with van der Waals surface area (Å²) in [6, 6.07) is 1.24. The highest BCUT2D eigenvalue weighted by Crippen LogP contribution is 1.90. The maximum absolute atomic E-state index is 11.6. The van der Waals surface area contributed by atoms with Crippen LogP contribution in [0, 0.1) is 0 Å². The number of nitrogens with zero attached hydrogens (tertiary/aromatic N) is 2. The fourth-order valence-electron chi connectivity index (χ4n) is 1.25. The van der Waals surface area contributed by atoms with E-state index in [2.05, 4.69) is 0 Å². The first-order chi connectivity index (χ1) is 8.06. The third-order valence-corrected chi connectivity index (χ3v) is 2.32. The van der Waals surface area contributed by atoms with E-state index < -0.39 is 17.2 Å². The first-order valence-electron chi connectivity index (χ1n) is 5.48. The van der Waals surface area contributed by atoms with Crippen LogP contribution in [-0.4, -0.2) is 21.7 Å². The van der Waals surface area contributed by atoms with Gasteiger partial charge in [-0.25, -0.2) is 4.79 Å². The molecule has 1 aromatic heterocycles. The Labute approximate surface area is 98.4 Å².